The van der Waals surface area contributed by atoms with E-state index in [0.717, 1.165) is 35.7 Å². The van der Waals surface area contributed by atoms with Gasteiger partial charge in [0.2, 0.25) is 0 Å². The fourth-order valence-electron chi connectivity index (χ4n) is 4.62. The molecule has 1 N–H and O–H groups in total. The Bertz CT molecular complexity index is 952. The highest BCUT2D eigenvalue weighted by Gasteiger charge is 2.36. The van der Waals surface area contributed by atoms with E-state index in [1.54, 1.807) is 7.11 Å². The van der Waals surface area contributed by atoms with Crippen LogP contribution in [0.25, 0.3) is 0 Å². The van der Waals surface area contributed by atoms with E-state index in [1.807, 2.05) is 45.0 Å². The summed E-state index contributed by atoms with van der Waals surface area (Å²) < 4.78 is 17.6. The summed E-state index contributed by atoms with van der Waals surface area (Å²) in [6, 6.07) is 11.9. The largest absolute Gasteiger partial charge is 0.497 e. The lowest BCUT2D eigenvalue weighted by atomic mass is 9.89. The Hall–Kier alpha value is -2.69. The average molecular weight is 424 g/mol. The smallest absolute Gasteiger partial charge is 0.261 e. The Morgan fingerprint density at radius 1 is 1.13 bits per heavy atom. The van der Waals surface area contributed by atoms with Gasteiger partial charge in [-0.2, -0.15) is 0 Å². The number of nitrogens with one attached hydrogen (secondary N) is 1. The molecule has 2 aromatic carbocycles. The second-order valence-electron chi connectivity index (χ2n) is 9.18. The first-order chi connectivity index (χ1) is 14.9. The lowest BCUT2D eigenvalue weighted by Gasteiger charge is -2.38. The molecule has 1 aliphatic carbocycles. The zero-order chi connectivity index (χ0) is 22.0. The van der Waals surface area contributed by atoms with Crippen LogP contribution in [-0.4, -0.2) is 24.7 Å². The van der Waals surface area contributed by atoms with E-state index in [2.05, 4.69) is 17.4 Å². The number of amides is 1. The van der Waals surface area contributed by atoms with Crippen LogP contribution in [0.4, 0.5) is 0 Å². The van der Waals surface area contributed by atoms with Crippen molar-refractivity contribution >= 4 is 5.91 Å². The minimum Gasteiger partial charge on any atom is -0.497 e. The van der Waals surface area contributed by atoms with Crippen molar-refractivity contribution in [2.75, 3.05) is 7.11 Å². The van der Waals surface area contributed by atoms with Gasteiger partial charge >= 0.3 is 0 Å². The lowest BCUT2D eigenvalue weighted by Crippen LogP contribution is -2.45. The van der Waals surface area contributed by atoms with Crippen molar-refractivity contribution in [3.05, 3.63) is 53.1 Å². The number of hydrogen-bond donors (Lipinski definition) is 1. The van der Waals surface area contributed by atoms with Crippen molar-refractivity contribution < 1.29 is 19.0 Å². The third-order valence-corrected chi connectivity index (χ3v) is 6.26. The summed E-state index contributed by atoms with van der Waals surface area (Å²) in [7, 11) is 1.64. The summed E-state index contributed by atoms with van der Waals surface area (Å²) in [6.45, 7) is 6.06. The molecule has 31 heavy (non-hydrogen) atoms. The van der Waals surface area contributed by atoms with Crippen LogP contribution in [0.5, 0.6) is 17.2 Å². The minimum atomic E-state index is -0.533. The van der Waals surface area contributed by atoms with Crippen molar-refractivity contribution in [1.82, 2.24) is 5.32 Å². The number of benzene rings is 2. The van der Waals surface area contributed by atoms with Crippen molar-refractivity contribution in [2.24, 2.45) is 0 Å². The van der Waals surface area contributed by atoms with Gasteiger partial charge in [0.1, 0.15) is 22.8 Å². The molecule has 0 unspecified atom stereocenters. The normalized spacial score (nSPS) is 19.9. The first-order valence-corrected chi connectivity index (χ1v) is 11.3. The van der Waals surface area contributed by atoms with Gasteiger partial charge in [-0.3, -0.25) is 4.79 Å². The van der Waals surface area contributed by atoms with Crippen LogP contribution in [0.3, 0.4) is 0 Å². The first kappa shape index (κ1) is 21.5. The number of ether oxygens (including phenoxy) is 3. The van der Waals surface area contributed by atoms with Gasteiger partial charge in [0, 0.05) is 18.1 Å². The molecule has 2 aliphatic rings. The maximum atomic E-state index is 13.2. The van der Waals surface area contributed by atoms with Gasteiger partial charge in [0.05, 0.1) is 13.2 Å². The van der Waals surface area contributed by atoms with Gasteiger partial charge in [0.25, 0.3) is 5.91 Å². The third kappa shape index (κ3) is 4.81. The molecule has 0 aromatic heterocycles. The van der Waals surface area contributed by atoms with Gasteiger partial charge < -0.3 is 19.5 Å². The fourth-order valence-corrected chi connectivity index (χ4v) is 4.62. The molecule has 4 rings (SSSR count). The highest BCUT2D eigenvalue weighted by Crippen LogP contribution is 2.41. The van der Waals surface area contributed by atoms with E-state index in [0.29, 0.717) is 12.8 Å². The minimum absolute atomic E-state index is 0.0929. The van der Waals surface area contributed by atoms with Crippen molar-refractivity contribution in [2.45, 2.75) is 77.0 Å². The van der Waals surface area contributed by atoms with Crippen molar-refractivity contribution in [1.29, 1.82) is 0 Å². The SMILES string of the molecule is CC[C@H](Oc1ccc2c(c1)CCCC2)C(=O)N[C@@H]1CC(C)(C)Oc2cc(OC)ccc21. The molecule has 0 saturated carbocycles. The molecule has 5 heteroatoms. The zero-order valence-electron chi connectivity index (χ0n) is 19.0. The molecule has 2 aromatic rings. The molecule has 0 spiro atoms. The highest BCUT2D eigenvalue weighted by molar-refractivity contribution is 5.81. The molecule has 0 fully saturated rings. The number of rotatable bonds is 6. The molecule has 1 aliphatic heterocycles. The quantitative estimate of drug-likeness (QED) is 0.698. The first-order valence-electron chi connectivity index (χ1n) is 11.3. The fraction of sp³-hybridized carbons (Fsp3) is 0.500. The van der Waals surface area contributed by atoms with Crippen LogP contribution in [0.1, 0.15) is 69.2 Å². The van der Waals surface area contributed by atoms with Gasteiger partial charge in [0.15, 0.2) is 6.10 Å². The van der Waals surface area contributed by atoms with E-state index in [1.165, 1.54) is 24.0 Å². The van der Waals surface area contributed by atoms with Crippen LogP contribution >= 0.6 is 0 Å². The van der Waals surface area contributed by atoms with Gasteiger partial charge in [-0.1, -0.05) is 13.0 Å². The number of fused-ring (bicyclic) bond motifs is 2. The third-order valence-electron chi connectivity index (χ3n) is 6.26. The Morgan fingerprint density at radius 2 is 1.87 bits per heavy atom. The lowest BCUT2D eigenvalue weighted by molar-refractivity contribution is -0.129. The van der Waals surface area contributed by atoms with E-state index in [4.69, 9.17) is 14.2 Å². The molecule has 0 saturated heterocycles. The molecule has 1 amide bonds. The molecular formula is C26H33NO4. The summed E-state index contributed by atoms with van der Waals surface area (Å²) >= 11 is 0. The van der Waals surface area contributed by atoms with Gasteiger partial charge in [-0.25, -0.2) is 0 Å². The van der Waals surface area contributed by atoms with Crippen molar-refractivity contribution in [3.63, 3.8) is 0 Å². The summed E-state index contributed by atoms with van der Waals surface area (Å²) in [5.41, 5.74) is 3.34. The van der Waals surface area contributed by atoms with E-state index in [-0.39, 0.29) is 11.9 Å². The molecule has 1 heterocycles. The number of aryl methyl sites for hydroxylation is 2. The predicted molar refractivity (Wildman–Crippen MR) is 121 cm³/mol. The maximum Gasteiger partial charge on any atom is 0.261 e. The van der Waals surface area contributed by atoms with E-state index in [9.17, 15) is 4.79 Å². The molecule has 0 radical (unpaired) electrons. The van der Waals surface area contributed by atoms with Gasteiger partial charge in [-0.05, 0) is 81.3 Å². The van der Waals surface area contributed by atoms with Crippen LogP contribution < -0.4 is 19.5 Å². The number of methoxy groups -OCH3 is 1. The maximum absolute atomic E-state index is 13.2. The van der Waals surface area contributed by atoms with Crippen molar-refractivity contribution in [3.8, 4) is 17.2 Å². The topological polar surface area (TPSA) is 56.8 Å². The molecule has 2 atom stereocenters. The van der Waals surface area contributed by atoms with Crippen LogP contribution in [-0.2, 0) is 17.6 Å². The van der Waals surface area contributed by atoms with E-state index < -0.39 is 11.7 Å². The molecule has 0 bridgehead atoms. The van der Waals surface area contributed by atoms with Crippen LogP contribution in [0.2, 0.25) is 0 Å². The Balaban J connectivity index is 1.50. The molecule has 166 valence electrons. The number of carbonyl (C=O) groups is 1. The van der Waals surface area contributed by atoms with Crippen LogP contribution in [0.15, 0.2) is 36.4 Å². The standard InChI is InChI=1S/C26H33NO4/c1-5-23(30-20-11-10-17-8-6-7-9-18(17)14-20)25(28)27-22-16-26(2,3)31-24-15-19(29-4)12-13-21(22)24/h10-15,22-23H,5-9,16H2,1-4H3,(H,27,28)/t22-,23+/m1/s1. The Morgan fingerprint density at radius 3 is 2.61 bits per heavy atom. The number of hydrogen-bond acceptors (Lipinski definition) is 4. The number of carbonyl (C=O) groups excluding carboxylic acids is 1. The predicted octanol–water partition coefficient (Wildman–Crippen LogP) is 5.15. The second kappa shape index (κ2) is 8.81. The Labute approximate surface area is 185 Å². The molecule has 5 nitrogen and oxygen atoms in total. The monoisotopic (exact) mass is 423 g/mol. The van der Waals surface area contributed by atoms with E-state index >= 15 is 0 Å². The average Bonchev–Trinajstić information content (AvgIpc) is 2.76. The highest BCUT2D eigenvalue weighted by atomic mass is 16.5. The molecular weight excluding hydrogens is 390 g/mol. The Kier molecular flexibility index (Phi) is 6.12. The van der Waals surface area contributed by atoms with Crippen LogP contribution in [0, 0.1) is 0 Å². The second-order valence-corrected chi connectivity index (χ2v) is 9.18. The summed E-state index contributed by atoms with van der Waals surface area (Å²) in [4.78, 5) is 13.2. The van der Waals surface area contributed by atoms with Gasteiger partial charge in [-0.15, -0.1) is 0 Å². The summed E-state index contributed by atoms with van der Waals surface area (Å²) in [5.74, 6) is 2.18. The zero-order valence-corrected chi connectivity index (χ0v) is 19.0. The summed E-state index contributed by atoms with van der Waals surface area (Å²) in [6.07, 6.45) is 5.46. The summed E-state index contributed by atoms with van der Waals surface area (Å²) in [5, 5.41) is 3.22.